The van der Waals surface area contributed by atoms with Gasteiger partial charge in [0.1, 0.15) is 17.4 Å². The predicted molar refractivity (Wildman–Crippen MR) is 63.9 cm³/mol. The summed E-state index contributed by atoms with van der Waals surface area (Å²) >= 11 is 1.22. The number of hydrogen-bond donors (Lipinski definition) is 3. The van der Waals surface area contributed by atoms with E-state index in [0.717, 1.165) is 0 Å². The number of nitrogens with zero attached hydrogens (tertiary/aromatic N) is 3. The summed E-state index contributed by atoms with van der Waals surface area (Å²) in [5, 5.41) is 12.4. The highest BCUT2D eigenvalue weighted by Gasteiger charge is 2.11. The lowest BCUT2D eigenvalue weighted by atomic mass is 10.4. The lowest BCUT2D eigenvalue weighted by Crippen LogP contribution is -1.99. The second-order valence-corrected chi connectivity index (χ2v) is 4.22. The Morgan fingerprint density at radius 1 is 1.33 bits per heavy atom. The highest BCUT2D eigenvalue weighted by Crippen LogP contribution is 2.21. The van der Waals surface area contributed by atoms with Gasteiger partial charge in [-0.05, 0) is 0 Å². The first-order valence-corrected chi connectivity index (χ1v) is 5.75. The van der Waals surface area contributed by atoms with E-state index in [1.54, 1.807) is 0 Å². The number of aromatic nitrogens is 3. The van der Waals surface area contributed by atoms with Crippen molar-refractivity contribution >= 4 is 29.4 Å². The number of carboxylic acids is 1. The zero-order valence-corrected chi connectivity index (χ0v) is 9.85. The normalized spacial score (nSPS) is 10.4. The van der Waals surface area contributed by atoms with Gasteiger partial charge in [0.15, 0.2) is 10.9 Å². The van der Waals surface area contributed by atoms with Crippen LogP contribution in [0, 0.1) is 0 Å². The topological polar surface area (TPSA) is 141 Å². The van der Waals surface area contributed by atoms with Crippen LogP contribution in [-0.2, 0) is 5.75 Å². The van der Waals surface area contributed by atoms with Crippen LogP contribution in [0.5, 0.6) is 0 Å². The van der Waals surface area contributed by atoms with Crippen LogP contribution in [0.15, 0.2) is 21.8 Å². The number of anilines is 2. The number of nitrogens with two attached hydrogens (primary N) is 2. The molecule has 5 N–H and O–H groups in total. The summed E-state index contributed by atoms with van der Waals surface area (Å²) in [6, 6.07) is 2.78. The molecule has 2 aromatic heterocycles. The van der Waals surface area contributed by atoms with Crippen molar-refractivity contribution in [3.63, 3.8) is 0 Å². The van der Waals surface area contributed by atoms with Crippen molar-refractivity contribution in [1.29, 1.82) is 0 Å². The van der Waals surface area contributed by atoms with Crippen molar-refractivity contribution in [2.75, 3.05) is 11.5 Å². The van der Waals surface area contributed by atoms with Gasteiger partial charge < -0.3 is 21.1 Å². The van der Waals surface area contributed by atoms with Gasteiger partial charge in [-0.25, -0.2) is 14.8 Å². The van der Waals surface area contributed by atoms with Gasteiger partial charge in [0, 0.05) is 12.1 Å². The lowest BCUT2D eigenvalue weighted by Gasteiger charge is -2.00. The number of nitrogen functional groups attached to an aromatic ring is 2. The standard InChI is InChI=1S/C9H9N5O3S/c10-6-2-7(11)13-9(12-6)18-3-4-1-5(8(15)16)14-17-4/h1-2H,3H2,(H,15,16)(H4,10,11,12,13). The average molecular weight is 267 g/mol. The van der Waals surface area contributed by atoms with E-state index < -0.39 is 5.97 Å². The van der Waals surface area contributed by atoms with Crippen LogP contribution in [0.2, 0.25) is 0 Å². The van der Waals surface area contributed by atoms with Crippen molar-refractivity contribution in [3.8, 4) is 0 Å². The molecule has 0 unspecified atom stereocenters. The smallest absolute Gasteiger partial charge is 0.358 e. The molecule has 9 heteroatoms. The first-order chi connectivity index (χ1) is 8.54. The SMILES string of the molecule is Nc1cc(N)nc(SCc2cc(C(=O)O)no2)n1. The van der Waals surface area contributed by atoms with E-state index in [2.05, 4.69) is 15.1 Å². The van der Waals surface area contributed by atoms with Gasteiger partial charge in [0.05, 0.1) is 5.75 Å². The molecule has 0 atom stereocenters. The molecule has 2 heterocycles. The van der Waals surface area contributed by atoms with E-state index >= 15 is 0 Å². The summed E-state index contributed by atoms with van der Waals surface area (Å²) < 4.78 is 4.84. The number of hydrogen-bond acceptors (Lipinski definition) is 8. The Bertz CT molecular complexity index is 565. The number of carboxylic acid groups (broad SMARTS) is 1. The highest BCUT2D eigenvalue weighted by molar-refractivity contribution is 7.98. The second-order valence-electron chi connectivity index (χ2n) is 3.27. The second kappa shape index (κ2) is 4.92. The number of aromatic carboxylic acids is 1. The van der Waals surface area contributed by atoms with Crippen molar-refractivity contribution in [3.05, 3.63) is 23.6 Å². The molecule has 0 spiro atoms. The molecule has 0 aromatic carbocycles. The molecule has 0 aliphatic rings. The minimum atomic E-state index is -1.14. The van der Waals surface area contributed by atoms with E-state index in [1.165, 1.54) is 23.9 Å². The molecular weight excluding hydrogens is 258 g/mol. The van der Waals surface area contributed by atoms with Gasteiger partial charge in [0.2, 0.25) is 0 Å². The summed E-state index contributed by atoms with van der Waals surface area (Å²) in [6.07, 6.45) is 0. The van der Waals surface area contributed by atoms with Gasteiger partial charge in [-0.15, -0.1) is 0 Å². The maximum Gasteiger partial charge on any atom is 0.358 e. The van der Waals surface area contributed by atoms with E-state index in [4.69, 9.17) is 21.1 Å². The van der Waals surface area contributed by atoms with E-state index in [0.29, 0.717) is 16.7 Å². The number of thioether (sulfide) groups is 1. The fourth-order valence-corrected chi connectivity index (χ4v) is 1.89. The largest absolute Gasteiger partial charge is 0.476 e. The van der Waals surface area contributed by atoms with Crippen LogP contribution in [0.1, 0.15) is 16.2 Å². The van der Waals surface area contributed by atoms with Crippen LogP contribution >= 0.6 is 11.8 Å². The summed E-state index contributed by atoms with van der Waals surface area (Å²) in [6.45, 7) is 0. The fraction of sp³-hybridized carbons (Fsp3) is 0.111. The van der Waals surface area contributed by atoms with Gasteiger partial charge >= 0.3 is 5.97 Å². The van der Waals surface area contributed by atoms with Gasteiger partial charge in [-0.2, -0.15) is 0 Å². The summed E-state index contributed by atoms with van der Waals surface area (Å²) in [5.74, 6) is 0.146. The van der Waals surface area contributed by atoms with Crippen LogP contribution < -0.4 is 11.5 Å². The maximum atomic E-state index is 10.6. The highest BCUT2D eigenvalue weighted by atomic mass is 32.2. The molecule has 0 bridgehead atoms. The zero-order valence-electron chi connectivity index (χ0n) is 9.03. The fourth-order valence-electron chi connectivity index (χ4n) is 1.14. The number of rotatable bonds is 4. The molecule has 18 heavy (non-hydrogen) atoms. The molecule has 2 aromatic rings. The summed E-state index contributed by atoms with van der Waals surface area (Å²) in [7, 11) is 0. The Labute approximate surface area is 105 Å². The molecule has 0 aliphatic carbocycles. The molecule has 0 amide bonds. The first-order valence-electron chi connectivity index (χ1n) is 4.76. The van der Waals surface area contributed by atoms with E-state index in [9.17, 15) is 4.79 Å². The Morgan fingerprint density at radius 3 is 2.56 bits per heavy atom. The molecule has 8 nitrogen and oxygen atoms in total. The number of carbonyl (C=O) groups is 1. The Balaban J connectivity index is 2.04. The average Bonchev–Trinajstić information content (AvgIpc) is 2.73. The third-order valence-electron chi connectivity index (χ3n) is 1.87. The van der Waals surface area contributed by atoms with Crippen molar-refractivity contribution in [2.24, 2.45) is 0 Å². The Hall–Kier alpha value is -2.29. The Kier molecular flexibility index (Phi) is 3.33. The lowest BCUT2D eigenvalue weighted by molar-refractivity contribution is 0.0685. The van der Waals surface area contributed by atoms with Crippen LogP contribution in [-0.4, -0.2) is 26.2 Å². The Morgan fingerprint density at radius 2 is 2.00 bits per heavy atom. The molecule has 2 rings (SSSR count). The third kappa shape index (κ3) is 2.88. The molecule has 94 valence electrons. The first kappa shape index (κ1) is 12.2. The minimum absolute atomic E-state index is 0.140. The molecule has 0 fully saturated rings. The van der Waals surface area contributed by atoms with Crippen LogP contribution in [0.25, 0.3) is 0 Å². The molecule has 0 radical (unpaired) electrons. The van der Waals surface area contributed by atoms with Gasteiger partial charge in [0.25, 0.3) is 0 Å². The van der Waals surface area contributed by atoms with Gasteiger partial charge in [-0.1, -0.05) is 16.9 Å². The monoisotopic (exact) mass is 267 g/mol. The molecular formula is C9H9N5O3S. The summed E-state index contributed by atoms with van der Waals surface area (Å²) in [5.41, 5.74) is 10.9. The molecule has 0 saturated carbocycles. The van der Waals surface area contributed by atoms with Crippen molar-refractivity contribution in [2.45, 2.75) is 10.9 Å². The summed E-state index contributed by atoms with van der Waals surface area (Å²) in [4.78, 5) is 18.5. The predicted octanol–water partition coefficient (Wildman–Crippen LogP) is 0.619. The zero-order chi connectivity index (χ0) is 13.1. The van der Waals surface area contributed by atoms with Crippen LogP contribution in [0.4, 0.5) is 11.6 Å². The maximum absolute atomic E-state index is 10.6. The van der Waals surface area contributed by atoms with Crippen LogP contribution in [0.3, 0.4) is 0 Å². The third-order valence-corrected chi connectivity index (χ3v) is 2.74. The minimum Gasteiger partial charge on any atom is -0.476 e. The van der Waals surface area contributed by atoms with E-state index in [1.807, 2.05) is 0 Å². The molecule has 0 saturated heterocycles. The molecule has 0 aliphatic heterocycles. The van der Waals surface area contributed by atoms with Crippen molar-refractivity contribution < 1.29 is 14.4 Å². The quantitative estimate of drug-likeness (QED) is 0.536. The van der Waals surface area contributed by atoms with Crippen molar-refractivity contribution in [1.82, 2.24) is 15.1 Å². The van der Waals surface area contributed by atoms with Gasteiger partial charge in [-0.3, -0.25) is 0 Å². The van der Waals surface area contributed by atoms with E-state index in [-0.39, 0.29) is 17.3 Å².